The summed E-state index contributed by atoms with van der Waals surface area (Å²) < 4.78 is 5.61. The van der Waals surface area contributed by atoms with Crippen LogP contribution < -0.4 is 10.1 Å². The number of fused-ring (bicyclic) bond motifs is 1. The molecule has 0 bridgehead atoms. The van der Waals surface area contributed by atoms with Gasteiger partial charge in [-0.1, -0.05) is 31.2 Å². The first-order valence-electron chi connectivity index (χ1n) is 10.5. The Bertz CT molecular complexity index is 1110. The molecule has 3 amide bonds. The zero-order valence-corrected chi connectivity index (χ0v) is 18.5. The first-order valence-corrected chi connectivity index (χ1v) is 11.3. The number of thiazole rings is 1. The summed E-state index contributed by atoms with van der Waals surface area (Å²) in [7, 11) is 0. The molecule has 0 saturated carbocycles. The number of hydrogen-bond donors (Lipinski definition) is 1. The Labute approximate surface area is 190 Å². The first-order chi connectivity index (χ1) is 15.5. The molecule has 4 rings (SSSR count). The monoisotopic (exact) mass is 449 g/mol. The predicted octanol–water partition coefficient (Wildman–Crippen LogP) is 3.95. The second-order valence-electron chi connectivity index (χ2n) is 7.33. The van der Waals surface area contributed by atoms with Gasteiger partial charge in [0.15, 0.2) is 5.13 Å². The largest absolute Gasteiger partial charge is 0.493 e. The van der Waals surface area contributed by atoms with Gasteiger partial charge in [0, 0.05) is 24.0 Å². The van der Waals surface area contributed by atoms with Crippen molar-refractivity contribution in [3.63, 3.8) is 0 Å². The summed E-state index contributed by atoms with van der Waals surface area (Å²) in [5, 5.41) is 3.25. The molecule has 0 aliphatic carbocycles. The molecule has 2 aromatic carbocycles. The fourth-order valence-corrected chi connectivity index (χ4v) is 4.23. The summed E-state index contributed by atoms with van der Waals surface area (Å²) in [5.74, 6) is 0.0112. The maximum absolute atomic E-state index is 12.4. The van der Waals surface area contributed by atoms with Gasteiger partial charge in [-0.05, 0) is 36.2 Å². The lowest BCUT2D eigenvalue weighted by Crippen LogP contribution is -2.31. The number of carbonyl (C=O) groups is 3. The van der Waals surface area contributed by atoms with Crippen molar-refractivity contribution in [3.8, 4) is 5.75 Å². The smallest absolute Gasteiger partial charge is 0.261 e. The van der Waals surface area contributed by atoms with Crippen LogP contribution in [0.4, 0.5) is 5.13 Å². The molecule has 1 aromatic heterocycles. The number of rotatable bonds is 9. The molecule has 0 saturated heterocycles. The Kier molecular flexibility index (Phi) is 6.61. The maximum atomic E-state index is 12.4. The second-order valence-corrected chi connectivity index (χ2v) is 8.45. The number of carbonyl (C=O) groups excluding carboxylic acids is 3. The van der Waals surface area contributed by atoms with Crippen LogP contribution in [-0.2, 0) is 17.6 Å². The molecule has 2 heterocycles. The van der Waals surface area contributed by atoms with Gasteiger partial charge in [0.2, 0.25) is 5.91 Å². The van der Waals surface area contributed by atoms with Gasteiger partial charge < -0.3 is 10.1 Å². The van der Waals surface area contributed by atoms with Crippen molar-refractivity contribution in [2.75, 3.05) is 18.5 Å². The Balaban J connectivity index is 1.23. The van der Waals surface area contributed by atoms with Crippen molar-refractivity contribution < 1.29 is 19.1 Å². The van der Waals surface area contributed by atoms with Crippen LogP contribution in [0.2, 0.25) is 0 Å². The summed E-state index contributed by atoms with van der Waals surface area (Å²) in [5.41, 5.74) is 2.12. The minimum Gasteiger partial charge on any atom is -0.493 e. The third-order valence-corrected chi connectivity index (χ3v) is 6.16. The van der Waals surface area contributed by atoms with Crippen molar-refractivity contribution in [1.82, 2.24) is 9.88 Å². The van der Waals surface area contributed by atoms with E-state index in [9.17, 15) is 14.4 Å². The number of benzene rings is 2. The van der Waals surface area contributed by atoms with Gasteiger partial charge in [-0.15, -0.1) is 11.3 Å². The zero-order valence-electron chi connectivity index (χ0n) is 17.7. The molecule has 0 radical (unpaired) electrons. The van der Waals surface area contributed by atoms with E-state index in [0.29, 0.717) is 22.7 Å². The van der Waals surface area contributed by atoms with E-state index >= 15 is 0 Å². The molecule has 3 aromatic rings. The lowest BCUT2D eigenvalue weighted by Gasteiger charge is -2.12. The summed E-state index contributed by atoms with van der Waals surface area (Å²) >= 11 is 1.33. The highest BCUT2D eigenvalue weighted by Gasteiger charge is 2.34. The number of ether oxygens (including phenoxy) is 1. The molecule has 1 N–H and O–H groups in total. The lowest BCUT2D eigenvalue weighted by atomic mass is 10.1. The van der Waals surface area contributed by atoms with E-state index in [1.54, 1.807) is 30.5 Å². The number of nitrogens with zero attached hydrogens (tertiary/aromatic N) is 2. The van der Waals surface area contributed by atoms with Crippen LogP contribution in [-0.4, -0.2) is 40.8 Å². The van der Waals surface area contributed by atoms with E-state index in [-0.39, 0.29) is 37.3 Å². The molecule has 0 fully saturated rings. The van der Waals surface area contributed by atoms with E-state index in [4.69, 9.17) is 4.74 Å². The summed E-state index contributed by atoms with van der Waals surface area (Å²) in [6.07, 6.45) is 3.32. The summed E-state index contributed by atoms with van der Waals surface area (Å²) in [6.45, 7) is 2.64. The number of anilines is 1. The molecular weight excluding hydrogens is 426 g/mol. The van der Waals surface area contributed by atoms with Crippen molar-refractivity contribution in [1.29, 1.82) is 0 Å². The van der Waals surface area contributed by atoms with E-state index in [1.165, 1.54) is 21.8 Å². The fourth-order valence-electron chi connectivity index (χ4n) is 3.41. The van der Waals surface area contributed by atoms with Gasteiger partial charge >= 0.3 is 0 Å². The Morgan fingerprint density at radius 2 is 1.75 bits per heavy atom. The molecule has 0 atom stereocenters. The van der Waals surface area contributed by atoms with Gasteiger partial charge in [-0.2, -0.15) is 0 Å². The van der Waals surface area contributed by atoms with Crippen LogP contribution in [0.3, 0.4) is 0 Å². The number of imide groups is 1. The topological polar surface area (TPSA) is 88.6 Å². The third kappa shape index (κ3) is 4.86. The van der Waals surface area contributed by atoms with Crippen LogP contribution in [0.15, 0.2) is 54.7 Å². The number of aromatic nitrogens is 1. The molecule has 0 unspecified atom stereocenters. The summed E-state index contributed by atoms with van der Waals surface area (Å²) in [6, 6.07) is 14.6. The molecule has 1 aliphatic heterocycles. The minimum atomic E-state index is -0.270. The standard InChI is InChI=1S/C24H23N3O4S/c1-2-16-7-9-17(10-8-16)31-14-12-21(28)26-24-25-15-18(32-24)11-13-27-22(29)19-5-3-4-6-20(19)23(27)30/h3-10,15H,2,11-14H2,1H3,(H,25,26,28). The predicted molar refractivity (Wildman–Crippen MR) is 122 cm³/mol. The molecule has 0 spiro atoms. The minimum absolute atomic E-state index is 0.184. The number of nitrogens with one attached hydrogen (secondary N) is 1. The molecule has 1 aliphatic rings. The summed E-state index contributed by atoms with van der Waals surface area (Å²) in [4.78, 5) is 43.4. The van der Waals surface area contributed by atoms with Crippen LogP contribution in [0.1, 0.15) is 44.5 Å². The Hall–Kier alpha value is -3.52. The van der Waals surface area contributed by atoms with Crippen molar-refractivity contribution in [2.45, 2.75) is 26.2 Å². The van der Waals surface area contributed by atoms with Gasteiger partial charge in [-0.3, -0.25) is 19.3 Å². The van der Waals surface area contributed by atoms with Gasteiger partial charge in [0.25, 0.3) is 11.8 Å². The highest BCUT2D eigenvalue weighted by Crippen LogP contribution is 2.24. The van der Waals surface area contributed by atoms with E-state index in [1.807, 2.05) is 24.3 Å². The highest BCUT2D eigenvalue weighted by molar-refractivity contribution is 7.15. The van der Waals surface area contributed by atoms with Crippen molar-refractivity contribution >= 4 is 34.2 Å². The number of aryl methyl sites for hydroxylation is 1. The lowest BCUT2D eigenvalue weighted by molar-refractivity contribution is -0.116. The van der Waals surface area contributed by atoms with E-state index in [0.717, 1.165) is 17.0 Å². The quantitative estimate of drug-likeness (QED) is 0.500. The van der Waals surface area contributed by atoms with Crippen molar-refractivity contribution in [2.24, 2.45) is 0 Å². The van der Waals surface area contributed by atoms with Crippen LogP contribution in [0.5, 0.6) is 5.75 Å². The SMILES string of the molecule is CCc1ccc(OCCC(=O)Nc2ncc(CCN3C(=O)c4ccccc4C3=O)s2)cc1. The molecular formula is C24H23N3O4S. The third-order valence-electron chi connectivity index (χ3n) is 5.19. The average molecular weight is 450 g/mol. The first kappa shape index (κ1) is 21.7. The molecule has 32 heavy (non-hydrogen) atoms. The maximum Gasteiger partial charge on any atom is 0.261 e. The zero-order chi connectivity index (χ0) is 22.5. The average Bonchev–Trinajstić information content (AvgIpc) is 3.35. The van der Waals surface area contributed by atoms with Crippen LogP contribution in [0.25, 0.3) is 0 Å². The van der Waals surface area contributed by atoms with Gasteiger partial charge in [-0.25, -0.2) is 4.98 Å². The Morgan fingerprint density at radius 3 is 2.41 bits per heavy atom. The van der Waals surface area contributed by atoms with Crippen LogP contribution >= 0.6 is 11.3 Å². The van der Waals surface area contributed by atoms with E-state index in [2.05, 4.69) is 17.2 Å². The van der Waals surface area contributed by atoms with Gasteiger partial charge in [0.05, 0.1) is 24.2 Å². The van der Waals surface area contributed by atoms with Crippen LogP contribution in [0, 0.1) is 0 Å². The molecule has 8 heteroatoms. The number of hydrogen-bond acceptors (Lipinski definition) is 6. The molecule has 164 valence electrons. The van der Waals surface area contributed by atoms with Gasteiger partial charge in [0.1, 0.15) is 5.75 Å². The molecule has 7 nitrogen and oxygen atoms in total. The highest BCUT2D eigenvalue weighted by atomic mass is 32.1. The van der Waals surface area contributed by atoms with E-state index < -0.39 is 0 Å². The fraction of sp³-hybridized carbons (Fsp3) is 0.250. The normalized spacial score (nSPS) is 12.7. The second kappa shape index (κ2) is 9.74. The van der Waals surface area contributed by atoms with Crippen molar-refractivity contribution in [3.05, 3.63) is 76.3 Å². The number of amides is 3. The Morgan fingerprint density at radius 1 is 1.06 bits per heavy atom.